The van der Waals surface area contributed by atoms with Crippen molar-refractivity contribution in [2.45, 2.75) is 18.4 Å². The number of amides is 1. The number of benzene rings is 2. The molecule has 0 aliphatic rings. The number of sulfonamides is 1. The van der Waals surface area contributed by atoms with Crippen LogP contribution in [0.1, 0.15) is 15.9 Å². The van der Waals surface area contributed by atoms with Gasteiger partial charge in [0, 0.05) is 32.9 Å². The molecule has 1 amide bonds. The number of methoxy groups -OCH3 is 2. The van der Waals surface area contributed by atoms with Gasteiger partial charge in [0.1, 0.15) is 0 Å². The summed E-state index contributed by atoms with van der Waals surface area (Å²) in [7, 11) is -0.755. The fraction of sp³-hybridized carbons (Fsp3) is 0.333. The van der Waals surface area contributed by atoms with Crippen molar-refractivity contribution in [2.24, 2.45) is 4.99 Å². The normalized spacial score (nSPS) is 12.4. The van der Waals surface area contributed by atoms with Gasteiger partial charge >= 0.3 is 0 Å². The van der Waals surface area contributed by atoms with E-state index in [1.54, 1.807) is 0 Å². The van der Waals surface area contributed by atoms with Crippen molar-refractivity contribution in [3.63, 3.8) is 0 Å². The number of hydrogen-bond acceptors (Lipinski definition) is 6. The molecule has 0 N–H and O–H groups in total. The molecule has 0 saturated carbocycles. The van der Waals surface area contributed by atoms with Gasteiger partial charge in [-0.3, -0.25) is 4.79 Å². The highest BCUT2D eigenvalue weighted by atomic mass is 32.2. The third-order valence-electron chi connectivity index (χ3n) is 5.11. The monoisotopic (exact) mass is 501 g/mol. The molecule has 3 rings (SSSR count). The number of thiazole rings is 1. The summed E-state index contributed by atoms with van der Waals surface area (Å²) in [5, 5.41) is 0. The summed E-state index contributed by atoms with van der Waals surface area (Å²) in [6.45, 7) is 3.17. The average Bonchev–Trinajstić information content (AvgIpc) is 3.15. The number of aryl methyl sites for hydroxylation is 1. The molecule has 1 heterocycles. The number of fused-ring (bicyclic) bond motifs is 1. The van der Waals surface area contributed by atoms with Crippen LogP contribution in [0.4, 0.5) is 0 Å². The molecule has 0 radical (unpaired) electrons. The Morgan fingerprint density at radius 2 is 1.76 bits per heavy atom. The van der Waals surface area contributed by atoms with E-state index in [4.69, 9.17) is 15.9 Å². The Labute approximate surface area is 203 Å². The van der Waals surface area contributed by atoms with Crippen LogP contribution in [0.15, 0.2) is 52.4 Å². The Morgan fingerprint density at radius 1 is 1.12 bits per heavy atom. The smallest absolute Gasteiger partial charge is 0.279 e. The van der Waals surface area contributed by atoms with Crippen LogP contribution in [0, 0.1) is 19.3 Å². The van der Waals surface area contributed by atoms with Crippen molar-refractivity contribution in [1.29, 1.82) is 0 Å². The number of hydrogen-bond donors (Lipinski definition) is 0. The summed E-state index contributed by atoms with van der Waals surface area (Å²) >= 11 is 1.38. The Kier molecular flexibility index (Phi) is 8.77. The van der Waals surface area contributed by atoms with Gasteiger partial charge in [0.2, 0.25) is 10.0 Å². The first-order valence-electron chi connectivity index (χ1n) is 10.5. The number of rotatable bonds is 10. The number of aromatic nitrogens is 1. The highest BCUT2D eigenvalue weighted by molar-refractivity contribution is 7.89. The zero-order valence-corrected chi connectivity index (χ0v) is 21.0. The lowest BCUT2D eigenvalue weighted by Gasteiger charge is -2.21. The second kappa shape index (κ2) is 11.6. The van der Waals surface area contributed by atoms with Crippen LogP contribution in [0.3, 0.4) is 0 Å². The lowest BCUT2D eigenvalue weighted by atomic mass is 10.2. The molecule has 1 aromatic heterocycles. The first-order chi connectivity index (χ1) is 16.3. The molecule has 0 unspecified atom stereocenters. The predicted octanol–water partition coefficient (Wildman–Crippen LogP) is 2.67. The van der Waals surface area contributed by atoms with Crippen molar-refractivity contribution in [3.05, 3.63) is 58.4 Å². The first-order valence-corrected chi connectivity index (χ1v) is 12.8. The van der Waals surface area contributed by atoms with Gasteiger partial charge in [-0.2, -0.15) is 9.30 Å². The number of carbonyl (C=O) groups excluding carboxylic acids is 1. The van der Waals surface area contributed by atoms with Gasteiger partial charge in [-0.25, -0.2) is 8.42 Å². The summed E-state index contributed by atoms with van der Waals surface area (Å²) in [5.74, 6) is 2.12. The molecule has 34 heavy (non-hydrogen) atoms. The topological polar surface area (TPSA) is 90.2 Å². The number of nitrogens with zero attached hydrogens (tertiary/aromatic N) is 3. The molecule has 10 heteroatoms. The molecule has 0 spiro atoms. The summed E-state index contributed by atoms with van der Waals surface area (Å²) < 4.78 is 40.2. The Morgan fingerprint density at radius 3 is 2.35 bits per heavy atom. The SMILES string of the molecule is C#CCn1c(=NC(=O)c2ccc(S(=O)(=O)N(CCOC)CCOC)cc2)sc2cc(C)ccc21. The number of ether oxygens (including phenoxy) is 2. The molecule has 2 aromatic carbocycles. The van der Waals surface area contributed by atoms with Crippen molar-refractivity contribution < 1.29 is 22.7 Å². The van der Waals surface area contributed by atoms with E-state index in [-0.39, 0.29) is 43.3 Å². The summed E-state index contributed by atoms with van der Waals surface area (Å²) in [6, 6.07) is 11.7. The van der Waals surface area contributed by atoms with E-state index >= 15 is 0 Å². The third-order valence-corrected chi connectivity index (χ3v) is 8.07. The maximum atomic E-state index is 13.0. The summed E-state index contributed by atoms with van der Waals surface area (Å²) in [4.78, 5) is 17.7. The van der Waals surface area contributed by atoms with Crippen LogP contribution < -0.4 is 4.80 Å². The summed E-state index contributed by atoms with van der Waals surface area (Å²) in [5.41, 5.74) is 2.29. The van der Waals surface area contributed by atoms with Crippen molar-refractivity contribution >= 4 is 37.5 Å². The largest absolute Gasteiger partial charge is 0.383 e. The van der Waals surface area contributed by atoms with Crippen molar-refractivity contribution in [3.8, 4) is 12.3 Å². The minimum Gasteiger partial charge on any atom is -0.383 e. The van der Waals surface area contributed by atoms with Crippen LogP contribution >= 0.6 is 11.3 Å². The second-order valence-corrected chi connectivity index (χ2v) is 10.4. The minimum atomic E-state index is -3.78. The van der Waals surface area contributed by atoms with Gasteiger partial charge in [-0.1, -0.05) is 23.3 Å². The molecular weight excluding hydrogens is 474 g/mol. The van der Waals surface area contributed by atoms with Gasteiger partial charge in [-0.15, -0.1) is 6.42 Å². The van der Waals surface area contributed by atoms with Crippen LogP contribution in [-0.4, -0.2) is 63.7 Å². The highest BCUT2D eigenvalue weighted by Crippen LogP contribution is 2.20. The molecule has 0 bridgehead atoms. The molecule has 0 saturated heterocycles. The summed E-state index contributed by atoms with van der Waals surface area (Å²) in [6.07, 6.45) is 5.52. The maximum absolute atomic E-state index is 13.0. The Balaban J connectivity index is 1.91. The van der Waals surface area contributed by atoms with Gasteiger partial charge in [0.25, 0.3) is 5.91 Å². The lowest BCUT2D eigenvalue weighted by molar-refractivity contribution is 0.0998. The molecule has 3 aromatic rings. The van der Waals surface area contributed by atoms with E-state index in [9.17, 15) is 13.2 Å². The van der Waals surface area contributed by atoms with E-state index in [2.05, 4.69) is 10.9 Å². The van der Waals surface area contributed by atoms with E-state index in [0.717, 1.165) is 15.8 Å². The van der Waals surface area contributed by atoms with E-state index in [1.807, 2.05) is 29.7 Å². The van der Waals surface area contributed by atoms with Gasteiger partial charge in [-0.05, 0) is 48.9 Å². The Bertz CT molecular complexity index is 1360. The average molecular weight is 502 g/mol. The standard InChI is InChI=1S/C24H27N3O5S2/c1-5-12-27-21-11-6-18(2)17-22(21)33-24(27)25-23(28)19-7-9-20(10-8-19)34(29,30)26(13-15-31-3)14-16-32-4/h1,6-11,17H,12-16H2,2-4H3. The molecule has 0 fully saturated rings. The van der Waals surface area contributed by atoms with Crippen LogP contribution in [0.2, 0.25) is 0 Å². The highest BCUT2D eigenvalue weighted by Gasteiger charge is 2.24. The van der Waals surface area contributed by atoms with E-state index in [1.165, 1.54) is 54.1 Å². The molecule has 180 valence electrons. The van der Waals surface area contributed by atoms with Crippen LogP contribution in [-0.2, 0) is 26.0 Å². The third kappa shape index (κ3) is 5.81. The number of terminal acetylenes is 1. The zero-order valence-electron chi connectivity index (χ0n) is 19.4. The van der Waals surface area contributed by atoms with Crippen LogP contribution in [0.5, 0.6) is 0 Å². The first kappa shape index (κ1) is 25.8. The molecule has 8 nitrogen and oxygen atoms in total. The molecule has 0 aliphatic heterocycles. The predicted molar refractivity (Wildman–Crippen MR) is 132 cm³/mol. The van der Waals surface area contributed by atoms with Gasteiger partial charge in [0.05, 0.1) is 34.9 Å². The van der Waals surface area contributed by atoms with Crippen LogP contribution in [0.25, 0.3) is 10.2 Å². The second-order valence-electron chi connectivity index (χ2n) is 7.48. The van der Waals surface area contributed by atoms with E-state index in [0.29, 0.717) is 4.80 Å². The molecular formula is C24H27N3O5S2. The fourth-order valence-electron chi connectivity index (χ4n) is 3.32. The maximum Gasteiger partial charge on any atom is 0.279 e. The van der Waals surface area contributed by atoms with Gasteiger partial charge in [0.15, 0.2) is 4.80 Å². The lowest BCUT2D eigenvalue weighted by Crippen LogP contribution is -2.36. The fourth-order valence-corrected chi connectivity index (χ4v) is 5.85. The quantitative estimate of drug-likeness (QED) is 0.399. The minimum absolute atomic E-state index is 0.0796. The zero-order chi connectivity index (χ0) is 24.7. The van der Waals surface area contributed by atoms with Crippen molar-refractivity contribution in [2.75, 3.05) is 40.5 Å². The number of carbonyl (C=O) groups is 1. The Hall–Kier alpha value is -2.81. The molecule has 0 aliphatic carbocycles. The van der Waals surface area contributed by atoms with Crippen molar-refractivity contribution in [1.82, 2.24) is 8.87 Å². The van der Waals surface area contributed by atoms with Gasteiger partial charge < -0.3 is 14.0 Å². The van der Waals surface area contributed by atoms with E-state index < -0.39 is 15.9 Å². The molecule has 0 atom stereocenters.